The van der Waals surface area contributed by atoms with Gasteiger partial charge in [0.05, 0.1) is 10.7 Å². The highest BCUT2D eigenvalue weighted by Gasteiger charge is 2.44. The number of guanidine groups is 1. The SMILES string of the molecule is CN=C(NCCc1nc(C)c(C)s1)NCC1(c2ccc(Cl)cc2)CC1. The molecule has 3 rings (SSSR count). The molecule has 1 aromatic heterocycles. The van der Waals surface area contributed by atoms with E-state index in [-0.39, 0.29) is 5.41 Å². The Kier molecular flexibility index (Phi) is 5.64. The summed E-state index contributed by atoms with van der Waals surface area (Å²) in [6.45, 7) is 5.91. The number of nitrogens with one attached hydrogen (secondary N) is 2. The van der Waals surface area contributed by atoms with E-state index in [1.165, 1.54) is 28.3 Å². The molecule has 0 saturated heterocycles. The molecule has 1 aromatic carbocycles. The number of rotatable bonds is 6. The van der Waals surface area contributed by atoms with Crippen molar-refractivity contribution in [1.82, 2.24) is 15.6 Å². The third kappa shape index (κ3) is 4.53. The number of hydrogen-bond donors (Lipinski definition) is 2. The van der Waals surface area contributed by atoms with Gasteiger partial charge in [0.2, 0.25) is 0 Å². The number of aromatic nitrogens is 1. The van der Waals surface area contributed by atoms with Crippen LogP contribution >= 0.6 is 22.9 Å². The number of aryl methyl sites for hydroxylation is 2. The normalized spacial score (nSPS) is 15.9. The Labute approximate surface area is 158 Å². The third-order valence-electron chi connectivity index (χ3n) is 4.83. The first-order valence-electron chi connectivity index (χ1n) is 8.66. The summed E-state index contributed by atoms with van der Waals surface area (Å²) in [5.41, 5.74) is 2.72. The number of hydrogen-bond acceptors (Lipinski definition) is 3. The van der Waals surface area contributed by atoms with Crippen LogP contribution in [0.15, 0.2) is 29.3 Å². The molecule has 0 radical (unpaired) electrons. The minimum Gasteiger partial charge on any atom is -0.356 e. The maximum atomic E-state index is 6.00. The highest BCUT2D eigenvalue weighted by Crippen LogP contribution is 2.47. The largest absolute Gasteiger partial charge is 0.356 e. The maximum absolute atomic E-state index is 6.00. The zero-order valence-electron chi connectivity index (χ0n) is 15.0. The summed E-state index contributed by atoms with van der Waals surface area (Å²) in [6, 6.07) is 8.23. The van der Waals surface area contributed by atoms with Crippen LogP contribution in [0.2, 0.25) is 5.02 Å². The Morgan fingerprint density at radius 2 is 1.96 bits per heavy atom. The Morgan fingerprint density at radius 1 is 1.24 bits per heavy atom. The van der Waals surface area contributed by atoms with Gasteiger partial charge in [-0.25, -0.2) is 4.98 Å². The topological polar surface area (TPSA) is 49.3 Å². The monoisotopic (exact) mass is 376 g/mol. The van der Waals surface area contributed by atoms with Gasteiger partial charge in [0.1, 0.15) is 0 Å². The van der Waals surface area contributed by atoms with E-state index in [2.05, 4.69) is 46.6 Å². The van der Waals surface area contributed by atoms with Crippen LogP contribution in [0.3, 0.4) is 0 Å². The lowest BCUT2D eigenvalue weighted by Crippen LogP contribution is -2.41. The number of thiazole rings is 1. The fraction of sp³-hybridized carbons (Fsp3) is 0.474. The van der Waals surface area contributed by atoms with Crippen LogP contribution in [0.4, 0.5) is 0 Å². The van der Waals surface area contributed by atoms with E-state index in [0.717, 1.165) is 36.2 Å². The molecule has 1 saturated carbocycles. The zero-order valence-corrected chi connectivity index (χ0v) is 16.6. The molecule has 0 bridgehead atoms. The molecule has 0 unspecified atom stereocenters. The van der Waals surface area contributed by atoms with E-state index in [1.807, 2.05) is 19.2 Å². The van der Waals surface area contributed by atoms with Gasteiger partial charge in [0.15, 0.2) is 5.96 Å². The van der Waals surface area contributed by atoms with Gasteiger partial charge in [-0.3, -0.25) is 4.99 Å². The first kappa shape index (κ1) is 18.2. The molecular formula is C19H25ClN4S. The minimum absolute atomic E-state index is 0.228. The molecule has 0 aliphatic heterocycles. The van der Waals surface area contributed by atoms with E-state index in [4.69, 9.17) is 11.6 Å². The number of halogens is 1. The molecule has 1 heterocycles. The quantitative estimate of drug-likeness (QED) is 0.594. The van der Waals surface area contributed by atoms with Gasteiger partial charge >= 0.3 is 0 Å². The Morgan fingerprint density at radius 3 is 2.52 bits per heavy atom. The third-order valence-corrected chi connectivity index (χ3v) is 6.22. The van der Waals surface area contributed by atoms with Crippen molar-refractivity contribution in [2.75, 3.05) is 20.1 Å². The average molecular weight is 377 g/mol. The van der Waals surface area contributed by atoms with Crippen molar-refractivity contribution < 1.29 is 0 Å². The zero-order chi connectivity index (χ0) is 17.9. The molecule has 1 aliphatic carbocycles. The second-order valence-electron chi connectivity index (χ2n) is 6.64. The van der Waals surface area contributed by atoms with Crippen molar-refractivity contribution in [2.45, 2.75) is 38.5 Å². The van der Waals surface area contributed by atoms with Gasteiger partial charge in [-0.2, -0.15) is 0 Å². The first-order valence-corrected chi connectivity index (χ1v) is 9.85. The van der Waals surface area contributed by atoms with Crippen LogP contribution in [-0.2, 0) is 11.8 Å². The number of aliphatic imine (C=N–C) groups is 1. The summed E-state index contributed by atoms with van der Waals surface area (Å²) >= 11 is 7.78. The molecule has 2 N–H and O–H groups in total. The van der Waals surface area contributed by atoms with Crippen molar-refractivity contribution >= 4 is 28.9 Å². The van der Waals surface area contributed by atoms with Crippen molar-refractivity contribution in [2.24, 2.45) is 4.99 Å². The van der Waals surface area contributed by atoms with Crippen molar-refractivity contribution in [3.05, 3.63) is 50.4 Å². The summed E-state index contributed by atoms with van der Waals surface area (Å²) in [5.74, 6) is 0.852. The average Bonchev–Trinajstić information content (AvgIpc) is 3.32. The van der Waals surface area contributed by atoms with Crippen LogP contribution < -0.4 is 10.6 Å². The molecular weight excluding hydrogens is 352 g/mol. The van der Waals surface area contributed by atoms with Crippen LogP contribution in [0, 0.1) is 13.8 Å². The summed E-state index contributed by atoms with van der Waals surface area (Å²) in [7, 11) is 1.81. The van der Waals surface area contributed by atoms with E-state index in [1.54, 1.807) is 11.3 Å². The first-order chi connectivity index (χ1) is 12.0. The van der Waals surface area contributed by atoms with E-state index in [9.17, 15) is 0 Å². The van der Waals surface area contributed by atoms with Crippen molar-refractivity contribution in [1.29, 1.82) is 0 Å². The highest BCUT2D eigenvalue weighted by molar-refractivity contribution is 7.11. The molecule has 6 heteroatoms. The molecule has 25 heavy (non-hydrogen) atoms. The Hall–Kier alpha value is -1.59. The van der Waals surface area contributed by atoms with Gasteiger partial charge in [-0.1, -0.05) is 23.7 Å². The fourth-order valence-electron chi connectivity index (χ4n) is 2.93. The molecule has 1 fully saturated rings. The van der Waals surface area contributed by atoms with Crippen LogP contribution in [-0.4, -0.2) is 31.1 Å². The summed E-state index contributed by atoms with van der Waals surface area (Å²) in [4.78, 5) is 10.2. The van der Waals surface area contributed by atoms with Crippen LogP contribution in [0.25, 0.3) is 0 Å². The summed E-state index contributed by atoms with van der Waals surface area (Å²) < 4.78 is 0. The van der Waals surface area contributed by atoms with E-state index in [0.29, 0.717) is 0 Å². The standard InChI is InChI=1S/C19H25ClN4S/c1-13-14(2)25-17(24-13)8-11-22-18(21-3)23-12-19(9-10-19)15-4-6-16(20)7-5-15/h4-7H,8-12H2,1-3H3,(H2,21,22,23). The Bertz CT molecular complexity index is 728. The van der Waals surface area contributed by atoms with E-state index >= 15 is 0 Å². The molecule has 2 aromatic rings. The van der Waals surface area contributed by atoms with Crippen molar-refractivity contribution in [3.63, 3.8) is 0 Å². The summed E-state index contributed by atoms with van der Waals surface area (Å²) in [5, 5.41) is 8.84. The lowest BCUT2D eigenvalue weighted by Gasteiger charge is -2.19. The number of benzene rings is 1. The van der Waals surface area contributed by atoms with Gasteiger partial charge in [0, 0.05) is 41.9 Å². The molecule has 0 spiro atoms. The molecule has 4 nitrogen and oxygen atoms in total. The van der Waals surface area contributed by atoms with Gasteiger partial charge < -0.3 is 10.6 Å². The number of nitrogens with zero attached hydrogens (tertiary/aromatic N) is 2. The molecule has 134 valence electrons. The van der Waals surface area contributed by atoms with E-state index < -0.39 is 0 Å². The van der Waals surface area contributed by atoms with Gasteiger partial charge in [-0.05, 0) is 44.4 Å². The predicted molar refractivity (Wildman–Crippen MR) is 107 cm³/mol. The molecule has 1 aliphatic rings. The van der Waals surface area contributed by atoms with Gasteiger partial charge in [-0.15, -0.1) is 11.3 Å². The lowest BCUT2D eigenvalue weighted by atomic mass is 9.96. The minimum atomic E-state index is 0.228. The lowest BCUT2D eigenvalue weighted by molar-refractivity contribution is 0.645. The van der Waals surface area contributed by atoms with Crippen molar-refractivity contribution in [3.8, 4) is 0 Å². The highest BCUT2D eigenvalue weighted by atomic mass is 35.5. The summed E-state index contributed by atoms with van der Waals surface area (Å²) in [6.07, 6.45) is 3.33. The maximum Gasteiger partial charge on any atom is 0.191 e. The molecule has 0 atom stereocenters. The van der Waals surface area contributed by atoms with Gasteiger partial charge in [0.25, 0.3) is 0 Å². The molecule has 0 amide bonds. The van der Waals surface area contributed by atoms with Crippen LogP contribution in [0.5, 0.6) is 0 Å². The van der Waals surface area contributed by atoms with Crippen LogP contribution in [0.1, 0.15) is 34.0 Å². The second kappa shape index (κ2) is 7.75. The Balaban J connectivity index is 1.48. The fourth-order valence-corrected chi connectivity index (χ4v) is 3.99. The smallest absolute Gasteiger partial charge is 0.191 e. The second-order valence-corrected chi connectivity index (χ2v) is 8.36. The predicted octanol–water partition coefficient (Wildman–Crippen LogP) is 3.85.